The van der Waals surface area contributed by atoms with Gasteiger partial charge in [0.05, 0.1) is 20.1 Å². The van der Waals surface area contributed by atoms with Crippen LogP contribution in [0.4, 0.5) is 4.79 Å². The number of hydrogen-bond donors (Lipinski definition) is 4. The van der Waals surface area contributed by atoms with Gasteiger partial charge in [0, 0.05) is 58.7 Å². The van der Waals surface area contributed by atoms with Crippen molar-refractivity contribution in [2.45, 2.75) is 95.7 Å². The number of carbonyl (C=O) groups is 5. The summed E-state index contributed by atoms with van der Waals surface area (Å²) in [5.74, 6) is 1.89. The van der Waals surface area contributed by atoms with E-state index in [4.69, 9.17) is 44.3 Å². The second kappa shape index (κ2) is 43.9. The lowest BCUT2D eigenvalue weighted by atomic mass is 9.97. The van der Waals surface area contributed by atoms with Crippen molar-refractivity contribution in [3.8, 4) is 12.3 Å². The van der Waals surface area contributed by atoms with Gasteiger partial charge in [0.2, 0.25) is 11.7 Å². The van der Waals surface area contributed by atoms with Gasteiger partial charge in [-0.1, -0.05) is 106 Å². The molecule has 0 unspecified atom stereocenters. The average Bonchev–Trinajstić information content (AvgIpc) is 3.22. The molecule has 0 aliphatic heterocycles. The second-order valence-electron chi connectivity index (χ2n) is 14.0. The number of ketones is 1. The zero-order valence-corrected chi connectivity index (χ0v) is 42.3. The van der Waals surface area contributed by atoms with E-state index < -0.39 is 42.2 Å². The number of benzene rings is 1. The third-order valence-electron chi connectivity index (χ3n) is 8.18. The number of hydrogen-bond acceptors (Lipinski definition) is 13. The van der Waals surface area contributed by atoms with Crippen LogP contribution in [0.15, 0.2) is 30.3 Å². The van der Waals surface area contributed by atoms with Gasteiger partial charge in [-0.2, -0.15) is 4.79 Å². The van der Waals surface area contributed by atoms with E-state index in [0.717, 1.165) is 26.7 Å². The van der Waals surface area contributed by atoms with Crippen LogP contribution in [0.2, 0.25) is 0 Å². The predicted octanol–water partition coefficient (Wildman–Crippen LogP) is 8.07. The number of hydroxylamine groups is 3. The third kappa shape index (κ3) is 41.6. The van der Waals surface area contributed by atoms with E-state index in [1.165, 1.54) is 12.2 Å². The SMILES string of the molecule is C#C[C@@H](C)C(C)C.CC(C)[C@H](C)C(=O)O.CC(C)[C@H](N)C(=O)O.CNOC.CON(C)C(=O)[C@@H](C)C(C)C.COP(=O)(OC)C(=[N+]=[N-])C(C)=O.Cl.O=C(Cl)OCc1ccccc1. The molecule has 0 bridgehead atoms. The first-order valence-corrected chi connectivity index (χ1v) is 20.9. The maximum Gasteiger partial charge on any atom is 0.446 e. The number of terminal acetylenes is 1. The van der Waals surface area contributed by atoms with Crippen LogP contribution in [0, 0.1) is 53.8 Å². The van der Waals surface area contributed by atoms with Gasteiger partial charge in [-0.05, 0) is 29.2 Å². The molecule has 62 heavy (non-hydrogen) atoms. The van der Waals surface area contributed by atoms with Crippen molar-refractivity contribution in [1.82, 2.24) is 10.5 Å². The Labute approximate surface area is 381 Å². The lowest BCUT2D eigenvalue weighted by Crippen LogP contribution is -2.34. The molecule has 1 aromatic carbocycles. The smallest absolute Gasteiger partial charge is 0.446 e. The van der Waals surface area contributed by atoms with E-state index in [-0.39, 0.29) is 48.6 Å². The lowest BCUT2D eigenvalue weighted by molar-refractivity contribution is -0.174. The molecule has 1 aromatic rings. The van der Waals surface area contributed by atoms with E-state index in [1.807, 2.05) is 65.0 Å². The average molecular weight is 949 g/mol. The highest BCUT2D eigenvalue weighted by molar-refractivity contribution is 7.74. The van der Waals surface area contributed by atoms with Crippen molar-refractivity contribution in [2.24, 2.45) is 47.2 Å². The Bertz CT molecular complexity index is 1460. The Morgan fingerprint density at radius 3 is 1.44 bits per heavy atom. The van der Waals surface area contributed by atoms with Gasteiger partial charge < -0.3 is 40.1 Å². The number of nitrogens with one attached hydrogen (secondary N) is 1. The first kappa shape index (κ1) is 72.7. The first-order chi connectivity index (χ1) is 28.0. The quantitative estimate of drug-likeness (QED) is 0.0246. The maximum atomic E-state index is 11.4. The van der Waals surface area contributed by atoms with Crippen molar-refractivity contribution in [3.05, 3.63) is 41.4 Å². The van der Waals surface area contributed by atoms with Gasteiger partial charge in [-0.25, -0.2) is 19.9 Å². The maximum absolute atomic E-state index is 11.4. The van der Waals surface area contributed by atoms with E-state index >= 15 is 0 Å². The molecule has 1 amide bonds. The summed E-state index contributed by atoms with van der Waals surface area (Å²) < 4.78 is 24.8. The molecule has 0 aliphatic carbocycles. The Hall–Kier alpha value is -3.72. The molecule has 362 valence electrons. The number of carbonyl (C=O) groups excluding carboxylic acids is 3. The molecule has 0 aromatic heterocycles. The molecule has 5 N–H and O–H groups in total. The summed E-state index contributed by atoms with van der Waals surface area (Å²) in [4.78, 5) is 64.0. The molecule has 4 atom stereocenters. The van der Waals surface area contributed by atoms with Crippen molar-refractivity contribution in [3.63, 3.8) is 0 Å². The van der Waals surface area contributed by atoms with Crippen molar-refractivity contribution >= 4 is 66.1 Å². The molecule has 0 fully saturated rings. The highest BCUT2D eigenvalue weighted by Crippen LogP contribution is 2.47. The predicted molar refractivity (Wildman–Crippen MR) is 245 cm³/mol. The van der Waals surface area contributed by atoms with Crippen LogP contribution in [-0.2, 0) is 53.8 Å². The standard InChI is InChI=1S/C8H7ClO2.C8H17NO2.C7H12.C6H12O2.C5H9N2O4P.C5H11NO2.C2H7NO.ClH/c9-8(10)11-6-7-4-2-1-3-5-7;1-6(2)7(3)8(10)9(4)11-5;1-5-7(4)6(2)3;1-4(2)5(3)6(7)8;1-4(8)5(7-6)12(9,10-2)11-3;1-3(2)4(6)5(7)8;1-3-4-2;/h1-5H,6H2;6-7H,1-5H3;1,6-7H,2-4H3;4-5H,1-3H3,(H,7,8);1-3H3;3-4H,6H2,1-2H3,(H,7,8);3H,1-2H3;1H/t;2*7-;5-;;4-;;/m.010.0../s1. The summed E-state index contributed by atoms with van der Waals surface area (Å²) in [6, 6.07) is 8.65. The Morgan fingerprint density at radius 2 is 1.27 bits per heavy atom. The van der Waals surface area contributed by atoms with Gasteiger partial charge >= 0.3 is 30.4 Å². The summed E-state index contributed by atoms with van der Waals surface area (Å²) in [5, 5.41) is 17.8. The van der Waals surface area contributed by atoms with Crippen LogP contribution < -0.4 is 11.2 Å². The minimum absolute atomic E-state index is 0. The number of ether oxygens (including phenoxy) is 1. The number of amides is 1. The molecule has 0 radical (unpaired) electrons. The summed E-state index contributed by atoms with van der Waals surface area (Å²) in [5.41, 5.74) is 15.5. The molecule has 0 spiro atoms. The number of Topliss-reactive ketones (excluding diaryl/α,β-unsaturated/α-hetero) is 1. The van der Waals surface area contributed by atoms with E-state index in [1.54, 1.807) is 42.0 Å². The minimum Gasteiger partial charge on any atom is -0.481 e. The number of nitrogens with two attached hydrogens (primary N) is 1. The van der Waals surface area contributed by atoms with Crippen LogP contribution in [0.5, 0.6) is 0 Å². The van der Waals surface area contributed by atoms with Crippen LogP contribution >= 0.6 is 31.6 Å². The van der Waals surface area contributed by atoms with Crippen molar-refractivity contribution in [1.29, 1.82) is 0 Å². The van der Waals surface area contributed by atoms with Gasteiger partial charge in [0.25, 0.3) is 0 Å². The Morgan fingerprint density at radius 1 is 0.855 bits per heavy atom. The fourth-order valence-electron chi connectivity index (χ4n) is 2.70. The molecule has 0 saturated heterocycles. The van der Waals surface area contributed by atoms with Crippen LogP contribution in [-0.4, -0.2) is 103 Å². The summed E-state index contributed by atoms with van der Waals surface area (Å²) >= 11 is 4.97. The molecule has 1 rings (SSSR count). The normalized spacial score (nSPS) is 11.7. The molecule has 0 heterocycles. The van der Waals surface area contributed by atoms with Gasteiger partial charge in [0.15, 0.2) is 0 Å². The summed E-state index contributed by atoms with van der Waals surface area (Å²) in [6.07, 6.45) is 5.12. The topological polar surface area (TPSA) is 267 Å². The van der Waals surface area contributed by atoms with Gasteiger partial charge in [-0.15, -0.1) is 24.8 Å². The van der Waals surface area contributed by atoms with Crippen LogP contribution in [0.25, 0.3) is 5.53 Å². The Kier molecular flexibility index (Phi) is 51.5. The largest absolute Gasteiger partial charge is 0.481 e. The second-order valence-corrected chi connectivity index (χ2v) is 16.4. The van der Waals surface area contributed by atoms with Crippen LogP contribution in [0.3, 0.4) is 0 Å². The van der Waals surface area contributed by atoms with E-state index in [0.29, 0.717) is 17.8 Å². The molecule has 0 aliphatic rings. The Balaban J connectivity index is -0.000000116. The number of carboxylic acid groups (broad SMARTS) is 2. The molecular formula is C41H76Cl2N5O13P. The number of rotatable bonds is 15. The summed E-state index contributed by atoms with van der Waals surface area (Å²) in [6.45, 7) is 22.7. The highest BCUT2D eigenvalue weighted by atomic mass is 35.5. The zero-order valence-electron chi connectivity index (χ0n) is 39.8. The fourth-order valence-corrected chi connectivity index (χ4v) is 3.75. The molecule has 0 saturated carbocycles. The van der Waals surface area contributed by atoms with Crippen LogP contribution in [0.1, 0.15) is 88.6 Å². The first-order valence-electron chi connectivity index (χ1n) is 19.0. The molecule has 21 heteroatoms. The highest BCUT2D eigenvalue weighted by Gasteiger charge is 2.41. The number of halogens is 2. The molecular weight excluding hydrogens is 872 g/mol. The van der Waals surface area contributed by atoms with Gasteiger partial charge in [0.1, 0.15) is 12.6 Å². The van der Waals surface area contributed by atoms with E-state index in [9.17, 15) is 28.5 Å². The molecule has 18 nitrogen and oxygen atoms in total. The number of aliphatic carboxylic acids is 2. The van der Waals surface area contributed by atoms with Crippen molar-refractivity contribution < 1.29 is 67.0 Å². The fraction of sp³-hybridized carbons (Fsp3) is 0.659. The minimum atomic E-state index is -3.70. The number of carboxylic acids is 2. The van der Waals surface area contributed by atoms with Gasteiger partial charge in [-0.3, -0.25) is 24.0 Å². The van der Waals surface area contributed by atoms with E-state index in [2.05, 4.69) is 55.6 Å². The number of nitrogens with zero attached hydrogens (tertiary/aromatic N) is 3. The lowest BCUT2D eigenvalue weighted by Gasteiger charge is -2.20. The monoisotopic (exact) mass is 947 g/mol. The zero-order chi connectivity index (χ0) is 49.6. The summed E-state index contributed by atoms with van der Waals surface area (Å²) in [7, 11) is 4.89. The van der Waals surface area contributed by atoms with Crippen molar-refractivity contribution in [2.75, 3.05) is 42.5 Å². The third-order valence-corrected chi connectivity index (χ3v) is 10.2.